The highest BCUT2D eigenvalue weighted by Gasteiger charge is 2.37. The van der Waals surface area contributed by atoms with Crippen molar-refractivity contribution in [2.75, 3.05) is 32.7 Å². The number of nitrogens with one attached hydrogen (secondary N) is 3. The van der Waals surface area contributed by atoms with Crippen LogP contribution in [0.3, 0.4) is 0 Å². The number of nitrogens with zero attached hydrogens (tertiary/aromatic N) is 1. The fraction of sp³-hybridized carbons (Fsp3) is 0.882. The van der Waals surface area contributed by atoms with Crippen LogP contribution < -0.4 is 16.0 Å². The Kier molecular flexibility index (Phi) is 5.75. The second-order valence-corrected chi connectivity index (χ2v) is 7.32. The van der Waals surface area contributed by atoms with E-state index in [0.717, 1.165) is 45.4 Å². The van der Waals surface area contributed by atoms with Gasteiger partial charge in [0.05, 0.1) is 0 Å². The van der Waals surface area contributed by atoms with E-state index in [9.17, 15) is 9.59 Å². The molecule has 3 N–H and O–H groups in total. The minimum absolute atomic E-state index is 0.0777. The van der Waals surface area contributed by atoms with Gasteiger partial charge in [0.25, 0.3) is 0 Å². The van der Waals surface area contributed by atoms with Crippen molar-refractivity contribution in [1.29, 1.82) is 0 Å². The lowest BCUT2D eigenvalue weighted by atomic mass is 9.96. The first-order valence-corrected chi connectivity index (χ1v) is 9.25. The van der Waals surface area contributed by atoms with Gasteiger partial charge in [-0.2, -0.15) is 0 Å². The Labute approximate surface area is 138 Å². The molecule has 0 aromatic heterocycles. The van der Waals surface area contributed by atoms with E-state index in [1.54, 1.807) is 0 Å². The molecule has 3 rings (SSSR count). The molecule has 3 fully saturated rings. The summed E-state index contributed by atoms with van der Waals surface area (Å²) in [6.07, 6.45) is 7.17. The monoisotopic (exact) mass is 322 g/mol. The van der Waals surface area contributed by atoms with Crippen LogP contribution in [-0.4, -0.2) is 55.6 Å². The number of likely N-dealkylation sites (tertiary alicyclic amines) is 1. The van der Waals surface area contributed by atoms with Gasteiger partial charge in [-0.3, -0.25) is 4.79 Å². The third-order valence-corrected chi connectivity index (χ3v) is 5.54. The molecular weight excluding hydrogens is 292 g/mol. The topological polar surface area (TPSA) is 73.5 Å². The number of rotatable bonds is 5. The Morgan fingerprint density at radius 3 is 2.43 bits per heavy atom. The van der Waals surface area contributed by atoms with Crippen LogP contribution >= 0.6 is 0 Å². The Morgan fingerprint density at radius 2 is 1.74 bits per heavy atom. The van der Waals surface area contributed by atoms with Crippen molar-refractivity contribution < 1.29 is 9.59 Å². The average Bonchev–Trinajstić information content (AvgIpc) is 3.14. The molecule has 0 unspecified atom stereocenters. The Bertz CT molecular complexity index is 411. The number of hydrogen-bond acceptors (Lipinski definition) is 3. The summed E-state index contributed by atoms with van der Waals surface area (Å²) in [7, 11) is 0. The first-order valence-electron chi connectivity index (χ1n) is 9.25. The minimum atomic E-state index is -0.0777. The van der Waals surface area contributed by atoms with Gasteiger partial charge >= 0.3 is 6.03 Å². The first kappa shape index (κ1) is 16.6. The zero-order valence-electron chi connectivity index (χ0n) is 14.0. The smallest absolute Gasteiger partial charge is 0.315 e. The maximum atomic E-state index is 12.2. The highest BCUT2D eigenvalue weighted by Crippen LogP contribution is 2.26. The standard InChI is InChI=1S/C17H30N4O2/c22-16(21-11-13-9-18-10-14(13)12-21)7-4-8-19-17(23)20-15-5-2-1-3-6-15/h13-15,18H,1-12H2,(H2,19,20,23)/t13-,14+. The van der Waals surface area contributed by atoms with E-state index in [2.05, 4.69) is 16.0 Å². The van der Waals surface area contributed by atoms with Crippen LogP contribution in [0.5, 0.6) is 0 Å². The molecule has 2 aliphatic heterocycles. The maximum Gasteiger partial charge on any atom is 0.315 e. The zero-order chi connectivity index (χ0) is 16.1. The summed E-state index contributed by atoms with van der Waals surface area (Å²) in [6, 6.07) is 0.258. The van der Waals surface area contributed by atoms with Gasteiger partial charge in [-0.05, 0) is 31.1 Å². The Hall–Kier alpha value is -1.30. The molecule has 2 heterocycles. The van der Waals surface area contributed by atoms with Crippen molar-refractivity contribution >= 4 is 11.9 Å². The summed E-state index contributed by atoms with van der Waals surface area (Å²) in [5.74, 6) is 1.55. The van der Waals surface area contributed by atoms with E-state index in [0.29, 0.717) is 30.8 Å². The molecule has 1 aliphatic carbocycles. The molecule has 0 aromatic rings. The number of amides is 3. The number of carbonyl (C=O) groups excluding carboxylic acids is 2. The quantitative estimate of drug-likeness (QED) is 0.663. The van der Waals surface area contributed by atoms with E-state index < -0.39 is 0 Å². The van der Waals surface area contributed by atoms with Crippen molar-refractivity contribution in [2.24, 2.45) is 11.8 Å². The van der Waals surface area contributed by atoms with E-state index in [4.69, 9.17) is 0 Å². The number of urea groups is 1. The summed E-state index contributed by atoms with van der Waals surface area (Å²) in [5, 5.41) is 9.31. The van der Waals surface area contributed by atoms with Crippen LogP contribution in [0.2, 0.25) is 0 Å². The summed E-state index contributed by atoms with van der Waals surface area (Å²) in [6.45, 7) is 4.50. The third-order valence-electron chi connectivity index (χ3n) is 5.54. The second kappa shape index (κ2) is 7.99. The Morgan fingerprint density at radius 1 is 1.04 bits per heavy atom. The van der Waals surface area contributed by atoms with Crippen LogP contribution in [-0.2, 0) is 4.79 Å². The van der Waals surface area contributed by atoms with Crippen molar-refractivity contribution in [2.45, 2.75) is 51.0 Å². The van der Waals surface area contributed by atoms with Gasteiger partial charge in [-0.25, -0.2) is 4.79 Å². The van der Waals surface area contributed by atoms with Crippen molar-refractivity contribution in [1.82, 2.24) is 20.9 Å². The Balaban J connectivity index is 1.26. The van der Waals surface area contributed by atoms with Crippen molar-refractivity contribution in [3.63, 3.8) is 0 Å². The molecule has 3 aliphatic rings. The van der Waals surface area contributed by atoms with Crippen molar-refractivity contribution in [3.8, 4) is 0 Å². The molecule has 0 aromatic carbocycles. The molecular formula is C17H30N4O2. The SMILES string of the molecule is O=C(NCCCC(=O)N1C[C@H]2CNC[C@H]2C1)NC1CCCCC1. The van der Waals surface area contributed by atoms with E-state index >= 15 is 0 Å². The largest absolute Gasteiger partial charge is 0.342 e. The molecule has 6 heteroatoms. The average molecular weight is 322 g/mol. The lowest BCUT2D eigenvalue weighted by Gasteiger charge is -2.23. The van der Waals surface area contributed by atoms with Gasteiger partial charge in [0.2, 0.25) is 5.91 Å². The lowest BCUT2D eigenvalue weighted by Crippen LogP contribution is -2.43. The number of fused-ring (bicyclic) bond motifs is 1. The maximum absolute atomic E-state index is 12.2. The molecule has 130 valence electrons. The summed E-state index contributed by atoms with van der Waals surface area (Å²) >= 11 is 0. The normalized spacial score (nSPS) is 27.7. The summed E-state index contributed by atoms with van der Waals surface area (Å²) in [4.78, 5) is 26.0. The highest BCUT2D eigenvalue weighted by molar-refractivity contribution is 5.77. The van der Waals surface area contributed by atoms with E-state index in [-0.39, 0.29) is 11.9 Å². The zero-order valence-corrected chi connectivity index (χ0v) is 14.0. The fourth-order valence-electron chi connectivity index (χ4n) is 4.14. The summed E-state index contributed by atoms with van der Waals surface area (Å²) in [5.41, 5.74) is 0. The second-order valence-electron chi connectivity index (χ2n) is 7.32. The van der Waals surface area contributed by atoms with Gasteiger partial charge in [-0.15, -0.1) is 0 Å². The molecule has 0 radical (unpaired) electrons. The van der Waals surface area contributed by atoms with Crippen LogP contribution in [0, 0.1) is 11.8 Å². The molecule has 3 amide bonds. The molecule has 23 heavy (non-hydrogen) atoms. The van der Waals surface area contributed by atoms with Crippen LogP contribution in [0.1, 0.15) is 44.9 Å². The first-order chi connectivity index (χ1) is 11.2. The fourth-order valence-corrected chi connectivity index (χ4v) is 4.14. The summed E-state index contributed by atoms with van der Waals surface area (Å²) < 4.78 is 0. The van der Waals surface area contributed by atoms with Crippen LogP contribution in [0.15, 0.2) is 0 Å². The van der Waals surface area contributed by atoms with Crippen LogP contribution in [0.4, 0.5) is 4.79 Å². The van der Waals surface area contributed by atoms with E-state index in [1.165, 1.54) is 19.3 Å². The number of hydrogen-bond donors (Lipinski definition) is 3. The van der Waals surface area contributed by atoms with Crippen LogP contribution in [0.25, 0.3) is 0 Å². The third kappa shape index (κ3) is 4.59. The molecule has 6 nitrogen and oxygen atoms in total. The van der Waals surface area contributed by atoms with Gasteiger partial charge in [-0.1, -0.05) is 19.3 Å². The molecule has 0 bridgehead atoms. The molecule has 2 atom stereocenters. The molecule has 0 spiro atoms. The van der Waals surface area contributed by atoms with Gasteiger partial charge < -0.3 is 20.9 Å². The van der Waals surface area contributed by atoms with Gasteiger partial charge in [0, 0.05) is 45.2 Å². The lowest BCUT2D eigenvalue weighted by molar-refractivity contribution is -0.130. The molecule has 1 saturated carbocycles. The number of carbonyl (C=O) groups is 2. The predicted octanol–water partition coefficient (Wildman–Crippen LogP) is 1.08. The van der Waals surface area contributed by atoms with Gasteiger partial charge in [0.1, 0.15) is 0 Å². The molecule has 2 saturated heterocycles. The van der Waals surface area contributed by atoms with Gasteiger partial charge in [0.15, 0.2) is 0 Å². The predicted molar refractivity (Wildman–Crippen MR) is 89.1 cm³/mol. The van der Waals surface area contributed by atoms with E-state index in [1.807, 2.05) is 4.90 Å². The van der Waals surface area contributed by atoms with Crippen molar-refractivity contribution in [3.05, 3.63) is 0 Å². The highest BCUT2D eigenvalue weighted by atomic mass is 16.2. The minimum Gasteiger partial charge on any atom is -0.342 e.